The third kappa shape index (κ3) is 2.77. The van der Waals surface area contributed by atoms with Crippen molar-refractivity contribution >= 4 is 22.7 Å². The predicted octanol–water partition coefficient (Wildman–Crippen LogP) is 2.16. The monoisotopic (exact) mass is 245 g/mol. The Bertz CT molecular complexity index is 571. The summed E-state index contributed by atoms with van der Waals surface area (Å²) in [5.74, 6) is -0.603. The summed E-state index contributed by atoms with van der Waals surface area (Å²) >= 11 is 0. The van der Waals surface area contributed by atoms with Gasteiger partial charge in [-0.2, -0.15) is 0 Å². The third-order valence-corrected chi connectivity index (χ3v) is 2.67. The molecule has 0 bridgehead atoms. The van der Waals surface area contributed by atoms with E-state index >= 15 is 0 Å². The van der Waals surface area contributed by atoms with Gasteiger partial charge in [0.15, 0.2) is 5.78 Å². The first-order valence-electron chi connectivity index (χ1n) is 5.92. The van der Waals surface area contributed by atoms with Crippen LogP contribution in [0.4, 0.5) is 0 Å². The first-order chi connectivity index (χ1) is 8.70. The number of hydrogen-bond donors (Lipinski definition) is 0. The summed E-state index contributed by atoms with van der Waals surface area (Å²) in [5.41, 5.74) is 0.995. The second kappa shape index (κ2) is 5.49. The van der Waals surface area contributed by atoms with E-state index < -0.39 is 5.97 Å². The number of ketones is 1. The number of nitrogens with zero attached hydrogens (tertiary/aromatic N) is 1. The normalized spacial score (nSPS) is 10.5. The Morgan fingerprint density at radius 3 is 2.78 bits per heavy atom. The summed E-state index contributed by atoms with van der Waals surface area (Å²) in [7, 11) is 0. The molecule has 2 aromatic rings. The lowest BCUT2D eigenvalue weighted by atomic mass is 10.2. The van der Waals surface area contributed by atoms with E-state index in [0.717, 1.165) is 10.9 Å². The zero-order valence-electron chi connectivity index (χ0n) is 10.3. The van der Waals surface area contributed by atoms with E-state index in [1.807, 2.05) is 41.1 Å². The molecule has 1 aromatic carbocycles. The van der Waals surface area contributed by atoms with Crippen LogP contribution in [0.2, 0.25) is 0 Å². The van der Waals surface area contributed by atoms with Crippen LogP contribution in [0.25, 0.3) is 10.9 Å². The van der Waals surface area contributed by atoms with E-state index in [2.05, 4.69) is 0 Å². The van der Waals surface area contributed by atoms with E-state index in [1.54, 1.807) is 6.92 Å². The molecule has 0 aliphatic rings. The molecule has 2 rings (SSSR count). The van der Waals surface area contributed by atoms with Crippen LogP contribution in [-0.4, -0.2) is 22.9 Å². The Morgan fingerprint density at radius 1 is 1.22 bits per heavy atom. The van der Waals surface area contributed by atoms with Crippen molar-refractivity contribution in [2.75, 3.05) is 6.61 Å². The molecular weight excluding hydrogens is 230 g/mol. The maximum atomic E-state index is 11.7. The van der Waals surface area contributed by atoms with Gasteiger partial charge < -0.3 is 9.30 Å². The zero-order valence-corrected chi connectivity index (χ0v) is 10.3. The summed E-state index contributed by atoms with van der Waals surface area (Å²) < 4.78 is 6.59. The number of ether oxygens (including phenoxy) is 1. The Hall–Kier alpha value is -2.10. The Kier molecular flexibility index (Phi) is 3.77. The lowest BCUT2D eigenvalue weighted by molar-refractivity contribution is -0.145. The number of para-hydroxylation sites is 1. The molecule has 1 heterocycles. The van der Waals surface area contributed by atoms with Crippen LogP contribution in [0.1, 0.15) is 13.3 Å². The van der Waals surface area contributed by atoms with Gasteiger partial charge in [0.25, 0.3) is 0 Å². The van der Waals surface area contributed by atoms with E-state index in [4.69, 9.17) is 4.74 Å². The molecule has 0 N–H and O–H groups in total. The van der Waals surface area contributed by atoms with Crippen LogP contribution in [0.3, 0.4) is 0 Å². The second-order valence-electron chi connectivity index (χ2n) is 4.02. The van der Waals surface area contributed by atoms with E-state index in [1.165, 1.54) is 0 Å². The largest absolute Gasteiger partial charge is 0.466 e. The number of rotatable bonds is 5. The lowest BCUT2D eigenvalue weighted by Gasteiger charge is -2.04. The smallest absolute Gasteiger partial charge is 0.313 e. The molecular formula is C14H15NO3. The van der Waals surface area contributed by atoms with Crippen LogP contribution in [-0.2, 0) is 20.9 Å². The minimum atomic E-state index is -0.459. The van der Waals surface area contributed by atoms with E-state index in [9.17, 15) is 9.59 Å². The van der Waals surface area contributed by atoms with Crippen molar-refractivity contribution in [2.45, 2.75) is 19.9 Å². The molecule has 4 nitrogen and oxygen atoms in total. The third-order valence-electron chi connectivity index (χ3n) is 2.67. The molecule has 0 unspecified atom stereocenters. The summed E-state index contributed by atoms with van der Waals surface area (Å²) in [6, 6.07) is 9.77. The van der Waals surface area contributed by atoms with Crippen LogP contribution < -0.4 is 0 Å². The highest BCUT2D eigenvalue weighted by Crippen LogP contribution is 2.15. The van der Waals surface area contributed by atoms with Crippen molar-refractivity contribution in [1.29, 1.82) is 0 Å². The highest BCUT2D eigenvalue weighted by molar-refractivity contribution is 5.96. The zero-order chi connectivity index (χ0) is 13.0. The number of benzene rings is 1. The highest BCUT2D eigenvalue weighted by atomic mass is 16.5. The van der Waals surface area contributed by atoms with Crippen molar-refractivity contribution in [1.82, 2.24) is 4.57 Å². The van der Waals surface area contributed by atoms with Crippen molar-refractivity contribution in [2.24, 2.45) is 0 Å². The number of Topliss-reactive ketones (excluding diaryl/α,β-unsaturated/α-hetero) is 1. The van der Waals surface area contributed by atoms with Gasteiger partial charge in [0.05, 0.1) is 13.2 Å². The molecule has 0 aliphatic carbocycles. The van der Waals surface area contributed by atoms with Crippen molar-refractivity contribution in [3.05, 3.63) is 36.5 Å². The second-order valence-corrected chi connectivity index (χ2v) is 4.02. The molecule has 4 heteroatoms. The maximum Gasteiger partial charge on any atom is 0.313 e. The predicted molar refractivity (Wildman–Crippen MR) is 68.2 cm³/mol. The molecule has 0 amide bonds. The van der Waals surface area contributed by atoms with Crippen molar-refractivity contribution in [3.63, 3.8) is 0 Å². The molecule has 0 spiro atoms. The van der Waals surface area contributed by atoms with E-state index in [0.29, 0.717) is 6.61 Å². The Morgan fingerprint density at radius 2 is 2.00 bits per heavy atom. The molecule has 0 aliphatic heterocycles. The molecule has 0 atom stereocenters. The molecule has 0 fully saturated rings. The minimum absolute atomic E-state index is 0.144. The van der Waals surface area contributed by atoms with Crippen LogP contribution in [0.15, 0.2) is 36.5 Å². The summed E-state index contributed by atoms with van der Waals surface area (Å²) in [6.45, 7) is 2.23. The average Bonchev–Trinajstić information content (AvgIpc) is 2.73. The molecule has 0 saturated heterocycles. The number of hydrogen-bond acceptors (Lipinski definition) is 3. The number of carbonyl (C=O) groups excluding carboxylic acids is 2. The molecule has 0 radical (unpaired) electrons. The number of esters is 1. The van der Waals surface area contributed by atoms with Gasteiger partial charge in [0.2, 0.25) is 0 Å². The van der Waals surface area contributed by atoms with Gasteiger partial charge in [-0.25, -0.2) is 0 Å². The van der Waals surface area contributed by atoms with Gasteiger partial charge in [-0.1, -0.05) is 18.2 Å². The van der Waals surface area contributed by atoms with Crippen LogP contribution in [0.5, 0.6) is 0 Å². The van der Waals surface area contributed by atoms with Crippen molar-refractivity contribution in [3.8, 4) is 0 Å². The van der Waals surface area contributed by atoms with Gasteiger partial charge in [-0.05, 0) is 24.4 Å². The summed E-state index contributed by atoms with van der Waals surface area (Å²) in [4.78, 5) is 22.9. The Labute approximate surface area is 105 Å². The topological polar surface area (TPSA) is 48.3 Å². The number of carbonyl (C=O) groups is 2. The Balaban J connectivity index is 2.05. The van der Waals surface area contributed by atoms with E-state index in [-0.39, 0.29) is 18.7 Å². The summed E-state index contributed by atoms with van der Waals surface area (Å²) in [5, 5.41) is 1.08. The number of fused-ring (bicyclic) bond motifs is 1. The maximum absolute atomic E-state index is 11.7. The fraction of sp³-hybridized carbons (Fsp3) is 0.286. The average molecular weight is 245 g/mol. The number of aromatic nitrogens is 1. The molecule has 0 saturated carbocycles. The van der Waals surface area contributed by atoms with Crippen LogP contribution in [0, 0.1) is 0 Å². The molecule has 18 heavy (non-hydrogen) atoms. The van der Waals surface area contributed by atoms with Crippen LogP contribution >= 0.6 is 0 Å². The van der Waals surface area contributed by atoms with Gasteiger partial charge in [-0.15, -0.1) is 0 Å². The molecule has 94 valence electrons. The van der Waals surface area contributed by atoms with Gasteiger partial charge in [-0.3, -0.25) is 9.59 Å². The molecule has 1 aromatic heterocycles. The standard InChI is InChI=1S/C14H15NO3/c1-2-18-14(17)9-12(16)10-15-8-7-11-5-3-4-6-13(11)15/h3-8H,2,9-10H2,1H3. The SMILES string of the molecule is CCOC(=O)CC(=O)Cn1ccc2ccccc21. The minimum Gasteiger partial charge on any atom is -0.466 e. The van der Waals surface area contributed by atoms with Crippen molar-refractivity contribution < 1.29 is 14.3 Å². The quantitative estimate of drug-likeness (QED) is 0.599. The lowest BCUT2D eigenvalue weighted by Crippen LogP contribution is -2.15. The van der Waals surface area contributed by atoms with Gasteiger partial charge in [0, 0.05) is 11.7 Å². The fourth-order valence-corrected chi connectivity index (χ4v) is 1.90. The highest BCUT2D eigenvalue weighted by Gasteiger charge is 2.11. The fourth-order valence-electron chi connectivity index (χ4n) is 1.90. The summed E-state index contributed by atoms with van der Waals surface area (Å²) in [6.07, 6.45) is 1.69. The van der Waals surface area contributed by atoms with Gasteiger partial charge in [0.1, 0.15) is 6.42 Å². The first kappa shape index (κ1) is 12.4. The first-order valence-corrected chi connectivity index (χ1v) is 5.92. The van der Waals surface area contributed by atoms with Gasteiger partial charge >= 0.3 is 5.97 Å².